The molecule has 2 aromatic heterocycles. The van der Waals surface area contributed by atoms with Crippen molar-refractivity contribution in [2.75, 3.05) is 12.4 Å². The molecule has 0 aliphatic rings. The molecule has 0 bridgehead atoms. The van der Waals surface area contributed by atoms with Crippen LogP contribution in [-0.2, 0) is 0 Å². The molecule has 21 heavy (non-hydrogen) atoms. The first kappa shape index (κ1) is 13.6. The molecule has 3 aromatic rings. The quantitative estimate of drug-likeness (QED) is 0.753. The maximum Gasteiger partial charge on any atom is 0.255 e. The number of hydrogen-bond acceptors (Lipinski definition) is 5. The van der Waals surface area contributed by atoms with Crippen LogP contribution in [0.3, 0.4) is 0 Å². The number of hydrogen-bond donors (Lipinski definition) is 1. The van der Waals surface area contributed by atoms with Gasteiger partial charge in [-0.15, -0.1) is 0 Å². The van der Waals surface area contributed by atoms with Gasteiger partial charge in [-0.2, -0.15) is 19.6 Å². The molecule has 0 unspecified atom stereocenters. The molecule has 0 spiro atoms. The van der Waals surface area contributed by atoms with Gasteiger partial charge in [-0.3, -0.25) is 0 Å². The molecule has 108 valence electrons. The first-order valence-corrected chi connectivity index (χ1v) is 6.75. The Balaban J connectivity index is 2.09. The highest BCUT2D eigenvalue weighted by Gasteiger charge is 2.13. The fraction of sp³-hybridized carbons (Fsp3) is 0.214. The molecule has 0 radical (unpaired) electrons. The van der Waals surface area contributed by atoms with E-state index in [1.165, 1.54) is 6.33 Å². The van der Waals surface area contributed by atoms with E-state index in [1.54, 1.807) is 11.6 Å². The Morgan fingerprint density at radius 1 is 1.29 bits per heavy atom. The number of aryl methyl sites for hydroxylation is 1. The Kier molecular flexibility index (Phi) is 3.39. The van der Waals surface area contributed by atoms with Crippen molar-refractivity contribution >= 4 is 28.9 Å². The number of halogens is 1. The van der Waals surface area contributed by atoms with E-state index in [4.69, 9.17) is 16.3 Å². The number of rotatable bonds is 3. The molecule has 1 N–H and O–H groups in total. The maximum atomic E-state index is 6.15. The number of ether oxygens (including phenoxy) is 1. The highest BCUT2D eigenvalue weighted by Crippen LogP contribution is 2.28. The van der Waals surface area contributed by atoms with Gasteiger partial charge in [-0.05, 0) is 37.6 Å². The van der Waals surface area contributed by atoms with Crippen LogP contribution < -0.4 is 10.1 Å². The van der Waals surface area contributed by atoms with E-state index < -0.39 is 0 Å². The molecule has 2 heterocycles. The number of aromatic nitrogens is 4. The van der Waals surface area contributed by atoms with E-state index in [2.05, 4.69) is 20.4 Å². The number of fused-ring (bicyclic) bond motifs is 1. The minimum absolute atomic E-state index is 0.407. The largest absolute Gasteiger partial charge is 0.497 e. The highest BCUT2D eigenvalue weighted by molar-refractivity contribution is 6.30. The zero-order chi connectivity index (χ0) is 15.0. The van der Waals surface area contributed by atoms with Gasteiger partial charge in [0.1, 0.15) is 23.0 Å². The number of benzene rings is 1. The van der Waals surface area contributed by atoms with Gasteiger partial charge in [0.15, 0.2) is 0 Å². The summed E-state index contributed by atoms with van der Waals surface area (Å²) in [4.78, 5) is 8.25. The summed E-state index contributed by atoms with van der Waals surface area (Å²) < 4.78 is 6.84. The first-order chi connectivity index (χ1) is 10.1. The van der Waals surface area contributed by atoms with Crippen LogP contribution in [0.4, 0.5) is 11.5 Å². The van der Waals surface area contributed by atoms with Crippen molar-refractivity contribution in [3.05, 3.63) is 40.8 Å². The molecular formula is C14H14ClN5O. The summed E-state index contributed by atoms with van der Waals surface area (Å²) in [5.41, 5.74) is 2.80. The topological polar surface area (TPSA) is 64.3 Å². The van der Waals surface area contributed by atoms with Crippen LogP contribution in [0.15, 0.2) is 24.5 Å². The van der Waals surface area contributed by atoms with Crippen molar-refractivity contribution in [1.29, 1.82) is 0 Å². The SMILES string of the molecule is COc1ccc(Nc2c(C)c(Cl)nc3ncnn23)c(C)c1. The van der Waals surface area contributed by atoms with E-state index >= 15 is 0 Å². The Morgan fingerprint density at radius 2 is 2.10 bits per heavy atom. The van der Waals surface area contributed by atoms with E-state index in [0.29, 0.717) is 10.9 Å². The molecule has 3 rings (SSSR count). The Morgan fingerprint density at radius 3 is 2.81 bits per heavy atom. The van der Waals surface area contributed by atoms with E-state index in [-0.39, 0.29) is 0 Å². The monoisotopic (exact) mass is 303 g/mol. The van der Waals surface area contributed by atoms with Gasteiger partial charge < -0.3 is 10.1 Å². The number of nitrogens with one attached hydrogen (secondary N) is 1. The second-order valence-corrected chi connectivity index (χ2v) is 5.01. The average molecular weight is 304 g/mol. The van der Waals surface area contributed by atoms with Crippen LogP contribution in [0.1, 0.15) is 11.1 Å². The molecule has 6 nitrogen and oxygen atoms in total. The number of nitrogens with zero attached hydrogens (tertiary/aromatic N) is 4. The van der Waals surface area contributed by atoms with Gasteiger partial charge >= 0.3 is 0 Å². The van der Waals surface area contributed by atoms with E-state index in [1.807, 2.05) is 32.0 Å². The molecule has 7 heteroatoms. The minimum atomic E-state index is 0.407. The van der Waals surface area contributed by atoms with Crippen molar-refractivity contribution in [3.8, 4) is 5.75 Å². The van der Waals surface area contributed by atoms with Crippen LogP contribution in [0, 0.1) is 13.8 Å². The summed E-state index contributed by atoms with van der Waals surface area (Å²) in [7, 11) is 1.65. The minimum Gasteiger partial charge on any atom is -0.497 e. The summed E-state index contributed by atoms with van der Waals surface area (Å²) in [5.74, 6) is 2.02. The molecule has 0 atom stereocenters. The smallest absolute Gasteiger partial charge is 0.255 e. The second kappa shape index (κ2) is 5.21. The predicted octanol–water partition coefficient (Wildman–Crippen LogP) is 3.15. The maximum absolute atomic E-state index is 6.15. The van der Waals surface area contributed by atoms with Gasteiger partial charge in [0.25, 0.3) is 5.78 Å². The molecule has 0 aliphatic heterocycles. The van der Waals surface area contributed by atoms with Gasteiger partial charge in [-0.1, -0.05) is 11.6 Å². The van der Waals surface area contributed by atoms with Gasteiger partial charge in [-0.25, -0.2) is 0 Å². The molecule has 0 amide bonds. The molecule has 0 saturated heterocycles. The van der Waals surface area contributed by atoms with Crippen LogP contribution in [-0.4, -0.2) is 26.7 Å². The highest BCUT2D eigenvalue weighted by atomic mass is 35.5. The number of anilines is 2. The van der Waals surface area contributed by atoms with Crippen molar-refractivity contribution in [2.24, 2.45) is 0 Å². The fourth-order valence-electron chi connectivity index (χ4n) is 2.08. The van der Waals surface area contributed by atoms with Crippen LogP contribution in [0.2, 0.25) is 5.15 Å². The fourth-order valence-corrected chi connectivity index (χ4v) is 2.24. The average Bonchev–Trinajstić information content (AvgIpc) is 2.93. The summed E-state index contributed by atoms with van der Waals surface area (Å²) in [6.07, 6.45) is 1.45. The third kappa shape index (κ3) is 2.38. The van der Waals surface area contributed by atoms with Crippen LogP contribution >= 0.6 is 11.6 Å². The number of methoxy groups -OCH3 is 1. The Bertz CT molecular complexity index is 814. The predicted molar refractivity (Wildman–Crippen MR) is 81.5 cm³/mol. The van der Waals surface area contributed by atoms with Crippen molar-refractivity contribution < 1.29 is 4.74 Å². The van der Waals surface area contributed by atoms with E-state index in [9.17, 15) is 0 Å². The lowest BCUT2D eigenvalue weighted by Crippen LogP contribution is -2.05. The molecule has 0 fully saturated rings. The van der Waals surface area contributed by atoms with Crippen LogP contribution in [0.25, 0.3) is 5.78 Å². The summed E-state index contributed by atoms with van der Waals surface area (Å²) in [5, 5.41) is 7.93. The van der Waals surface area contributed by atoms with Crippen molar-refractivity contribution in [1.82, 2.24) is 19.6 Å². The Labute approximate surface area is 126 Å². The summed E-state index contributed by atoms with van der Waals surface area (Å²) in [6.45, 7) is 3.89. The zero-order valence-electron chi connectivity index (χ0n) is 11.9. The second-order valence-electron chi connectivity index (χ2n) is 4.65. The zero-order valence-corrected chi connectivity index (χ0v) is 12.6. The lowest BCUT2D eigenvalue weighted by Gasteiger charge is -2.14. The van der Waals surface area contributed by atoms with Gasteiger partial charge in [0, 0.05) is 11.3 Å². The summed E-state index contributed by atoms with van der Waals surface area (Å²) in [6, 6.07) is 5.80. The third-order valence-electron chi connectivity index (χ3n) is 3.29. The van der Waals surface area contributed by atoms with Gasteiger partial charge in [0.05, 0.1) is 7.11 Å². The lowest BCUT2D eigenvalue weighted by atomic mass is 10.2. The normalized spacial score (nSPS) is 10.9. The van der Waals surface area contributed by atoms with Gasteiger partial charge in [0.2, 0.25) is 0 Å². The third-order valence-corrected chi connectivity index (χ3v) is 3.66. The van der Waals surface area contributed by atoms with E-state index in [0.717, 1.165) is 28.4 Å². The van der Waals surface area contributed by atoms with Crippen molar-refractivity contribution in [3.63, 3.8) is 0 Å². The molecular weight excluding hydrogens is 290 g/mol. The Hall–Kier alpha value is -2.34. The molecule has 1 aromatic carbocycles. The molecule has 0 saturated carbocycles. The van der Waals surface area contributed by atoms with Crippen molar-refractivity contribution in [2.45, 2.75) is 13.8 Å². The first-order valence-electron chi connectivity index (χ1n) is 6.37. The lowest BCUT2D eigenvalue weighted by molar-refractivity contribution is 0.414. The summed E-state index contributed by atoms with van der Waals surface area (Å²) >= 11 is 6.15. The van der Waals surface area contributed by atoms with Crippen LogP contribution in [0.5, 0.6) is 5.75 Å². The standard InChI is InChI=1S/C14H14ClN5O/c1-8-6-10(21-3)4-5-11(8)18-13-9(2)12(15)19-14-16-7-17-20(13)14/h4-7,18H,1-3H3. The molecule has 0 aliphatic carbocycles.